The highest BCUT2D eigenvalue weighted by Gasteiger charge is 2.07. The maximum atomic E-state index is 10.6. The van der Waals surface area contributed by atoms with Crippen LogP contribution in [0.15, 0.2) is 41.1 Å². The van der Waals surface area contributed by atoms with Crippen LogP contribution >= 0.6 is 0 Å². The molecule has 2 N–H and O–H groups in total. The molecule has 0 amide bonds. The number of carbonyl (C=O) groups is 1. The Kier molecular flexibility index (Phi) is 3.52. The molecule has 88 valence electrons. The Bertz CT molecular complexity index is 493. The number of hydrogen-bond acceptors (Lipinski definition) is 4. The van der Waals surface area contributed by atoms with Gasteiger partial charge in [0, 0.05) is 12.7 Å². The van der Waals surface area contributed by atoms with E-state index in [1.54, 1.807) is 6.20 Å². The first-order valence-electron chi connectivity index (χ1n) is 5.17. The minimum atomic E-state index is -0.982. The first-order chi connectivity index (χ1) is 8.25. The van der Waals surface area contributed by atoms with Crippen LogP contribution < -0.4 is 5.32 Å². The normalized spacial score (nSPS) is 10.4. The van der Waals surface area contributed by atoms with Crippen molar-refractivity contribution in [2.45, 2.75) is 13.1 Å². The molecule has 0 unspecified atom stereocenters. The van der Waals surface area contributed by atoms with E-state index in [0.717, 1.165) is 5.69 Å². The Balaban J connectivity index is 1.84. The number of pyridine rings is 1. The molecule has 0 fully saturated rings. The van der Waals surface area contributed by atoms with Crippen molar-refractivity contribution >= 4 is 5.97 Å². The summed E-state index contributed by atoms with van der Waals surface area (Å²) in [4.78, 5) is 14.8. The van der Waals surface area contributed by atoms with Crippen LogP contribution in [-0.4, -0.2) is 16.1 Å². The maximum Gasteiger partial charge on any atom is 0.338 e. The van der Waals surface area contributed by atoms with Gasteiger partial charge < -0.3 is 14.8 Å². The van der Waals surface area contributed by atoms with E-state index in [4.69, 9.17) is 9.52 Å². The minimum Gasteiger partial charge on any atom is -0.478 e. The fraction of sp³-hybridized carbons (Fsp3) is 0.167. The number of aromatic nitrogens is 1. The number of rotatable bonds is 5. The van der Waals surface area contributed by atoms with Gasteiger partial charge in [0.05, 0.1) is 17.8 Å². The Morgan fingerprint density at radius 3 is 2.94 bits per heavy atom. The highest BCUT2D eigenvalue weighted by molar-refractivity contribution is 5.87. The van der Waals surface area contributed by atoms with Gasteiger partial charge in [-0.3, -0.25) is 4.98 Å². The first kappa shape index (κ1) is 11.3. The van der Waals surface area contributed by atoms with Gasteiger partial charge in [-0.1, -0.05) is 6.07 Å². The molecule has 0 bridgehead atoms. The smallest absolute Gasteiger partial charge is 0.338 e. The van der Waals surface area contributed by atoms with Crippen LogP contribution in [0, 0.1) is 0 Å². The largest absolute Gasteiger partial charge is 0.478 e. The van der Waals surface area contributed by atoms with Gasteiger partial charge in [-0.2, -0.15) is 0 Å². The second-order valence-electron chi connectivity index (χ2n) is 3.53. The highest BCUT2D eigenvalue weighted by atomic mass is 16.4. The molecule has 0 aliphatic carbocycles. The second kappa shape index (κ2) is 5.27. The van der Waals surface area contributed by atoms with Crippen molar-refractivity contribution in [3.8, 4) is 0 Å². The molecule has 0 saturated carbocycles. The van der Waals surface area contributed by atoms with Crippen LogP contribution in [0.4, 0.5) is 0 Å². The summed E-state index contributed by atoms with van der Waals surface area (Å²) in [5, 5.41) is 11.8. The standard InChI is InChI=1S/C12H12N2O3/c15-12(16)9-5-11(17-8-9)7-13-6-10-3-1-2-4-14-10/h1-5,8,13H,6-7H2,(H,15,16). The molecule has 2 aromatic rings. The molecule has 0 aliphatic rings. The lowest BCUT2D eigenvalue weighted by Crippen LogP contribution is -2.13. The van der Waals surface area contributed by atoms with Gasteiger partial charge in [0.1, 0.15) is 12.0 Å². The van der Waals surface area contributed by atoms with Crippen molar-refractivity contribution in [3.05, 3.63) is 53.7 Å². The molecule has 5 nitrogen and oxygen atoms in total. The van der Waals surface area contributed by atoms with E-state index in [2.05, 4.69) is 10.3 Å². The van der Waals surface area contributed by atoms with Crippen LogP contribution in [0.1, 0.15) is 21.8 Å². The Labute approximate surface area is 98.1 Å². The third-order valence-corrected chi connectivity index (χ3v) is 2.23. The third-order valence-electron chi connectivity index (χ3n) is 2.23. The summed E-state index contributed by atoms with van der Waals surface area (Å²) >= 11 is 0. The van der Waals surface area contributed by atoms with Crippen LogP contribution in [0.25, 0.3) is 0 Å². The zero-order valence-corrected chi connectivity index (χ0v) is 9.09. The summed E-state index contributed by atoms with van der Waals surface area (Å²) in [6.45, 7) is 1.09. The van der Waals surface area contributed by atoms with Crippen molar-refractivity contribution in [2.24, 2.45) is 0 Å². The van der Waals surface area contributed by atoms with Crippen molar-refractivity contribution in [1.82, 2.24) is 10.3 Å². The van der Waals surface area contributed by atoms with Crippen molar-refractivity contribution in [1.29, 1.82) is 0 Å². The maximum absolute atomic E-state index is 10.6. The van der Waals surface area contributed by atoms with Gasteiger partial charge >= 0.3 is 5.97 Å². The molecule has 5 heteroatoms. The predicted octanol–water partition coefficient (Wildman–Crippen LogP) is 1.66. The molecular formula is C12H12N2O3. The Hall–Kier alpha value is -2.14. The summed E-state index contributed by atoms with van der Waals surface area (Å²) in [6.07, 6.45) is 2.96. The lowest BCUT2D eigenvalue weighted by molar-refractivity contribution is 0.0696. The fourth-order valence-corrected chi connectivity index (χ4v) is 1.40. The Morgan fingerprint density at radius 1 is 1.41 bits per heavy atom. The number of carboxylic acids is 1. The number of furan rings is 1. The quantitative estimate of drug-likeness (QED) is 0.820. The summed E-state index contributed by atoms with van der Waals surface area (Å²) in [7, 11) is 0. The van der Waals surface area contributed by atoms with E-state index < -0.39 is 5.97 Å². The molecule has 2 heterocycles. The highest BCUT2D eigenvalue weighted by Crippen LogP contribution is 2.07. The van der Waals surface area contributed by atoms with Crippen molar-refractivity contribution in [3.63, 3.8) is 0 Å². The predicted molar refractivity (Wildman–Crippen MR) is 60.4 cm³/mol. The van der Waals surface area contributed by atoms with Gasteiger partial charge in [0.15, 0.2) is 0 Å². The molecule has 0 aromatic carbocycles. The van der Waals surface area contributed by atoms with E-state index in [-0.39, 0.29) is 5.56 Å². The zero-order valence-electron chi connectivity index (χ0n) is 9.09. The molecule has 2 rings (SSSR count). The molecule has 2 aromatic heterocycles. The number of hydrogen-bond donors (Lipinski definition) is 2. The number of nitrogens with zero attached hydrogens (tertiary/aromatic N) is 1. The Morgan fingerprint density at radius 2 is 2.29 bits per heavy atom. The average molecular weight is 232 g/mol. The summed E-state index contributed by atoms with van der Waals surface area (Å²) in [6, 6.07) is 7.19. The van der Waals surface area contributed by atoms with Gasteiger partial charge in [0.2, 0.25) is 0 Å². The number of aromatic carboxylic acids is 1. The topological polar surface area (TPSA) is 75.4 Å². The van der Waals surface area contributed by atoms with Crippen LogP contribution in [-0.2, 0) is 13.1 Å². The van der Waals surface area contributed by atoms with Gasteiger partial charge in [-0.05, 0) is 18.2 Å². The van der Waals surface area contributed by atoms with E-state index in [0.29, 0.717) is 18.8 Å². The van der Waals surface area contributed by atoms with E-state index in [1.165, 1.54) is 12.3 Å². The summed E-state index contributed by atoms with van der Waals surface area (Å²) < 4.78 is 5.10. The fourth-order valence-electron chi connectivity index (χ4n) is 1.40. The van der Waals surface area contributed by atoms with E-state index in [1.807, 2.05) is 18.2 Å². The molecule has 0 aliphatic heterocycles. The molecular weight excluding hydrogens is 220 g/mol. The lowest BCUT2D eigenvalue weighted by atomic mass is 10.3. The number of carboxylic acid groups (broad SMARTS) is 1. The second-order valence-corrected chi connectivity index (χ2v) is 3.53. The first-order valence-corrected chi connectivity index (χ1v) is 5.17. The lowest BCUT2D eigenvalue weighted by Gasteiger charge is -2.01. The summed E-state index contributed by atoms with van der Waals surface area (Å²) in [5.41, 5.74) is 1.09. The van der Waals surface area contributed by atoms with Crippen LogP contribution in [0.2, 0.25) is 0 Å². The molecule has 17 heavy (non-hydrogen) atoms. The van der Waals surface area contributed by atoms with Gasteiger partial charge in [-0.15, -0.1) is 0 Å². The van der Waals surface area contributed by atoms with Crippen molar-refractivity contribution in [2.75, 3.05) is 0 Å². The SMILES string of the molecule is O=C(O)c1coc(CNCc2ccccn2)c1. The molecule has 0 atom stereocenters. The average Bonchev–Trinajstić information content (AvgIpc) is 2.79. The minimum absolute atomic E-state index is 0.166. The molecule has 0 spiro atoms. The zero-order chi connectivity index (χ0) is 12.1. The van der Waals surface area contributed by atoms with Gasteiger partial charge in [-0.25, -0.2) is 4.79 Å². The van der Waals surface area contributed by atoms with E-state index in [9.17, 15) is 4.79 Å². The van der Waals surface area contributed by atoms with Crippen molar-refractivity contribution < 1.29 is 14.3 Å². The van der Waals surface area contributed by atoms with Crippen LogP contribution in [0.5, 0.6) is 0 Å². The van der Waals surface area contributed by atoms with Gasteiger partial charge in [0.25, 0.3) is 0 Å². The molecule has 0 radical (unpaired) electrons. The monoisotopic (exact) mass is 232 g/mol. The summed E-state index contributed by atoms with van der Waals surface area (Å²) in [5.74, 6) is -0.386. The van der Waals surface area contributed by atoms with Crippen LogP contribution in [0.3, 0.4) is 0 Å². The number of nitrogens with one attached hydrogen (secondary N) is 1. The third kappa shape index (κ3) is 3.15. The molecule has 0 saturated heterocycles. The van der Waals surface area contributed by atoms with E-state index >= 15 is 0 Å².